The van der Waals surface area contributed by atoms with E-state index < -0.39 is 0 Å². The fourth-order valence-electron chi connectivity index (χ4n) is 2.29. The molecule has 0 aromatic carbocycles. The van der Waals surface area contributed by atoms with E-state index in [1.807, 2.05) is 117 Å². The highest BCUT2D eigenvalue weighted by Gasteiger charge is 1.96. The second kappa shape index (κ2) is 43.6. The lowest BCUT2D eigenvalue weighted by molar-refractivity contribution is 0.455. The normalized spacial score (nSPS) is 8.73. The zero-order chi connectivity index (χ0) is 39.9. The zero-order valence-corrected chi connectivity index (χ0v) is 35.1. The molecule has 17 heteroatoms. The van der Waals surface area contributed by atoms with E-state index in [1.165, 1.54) is 6.33 Å². The number of hydrogen-bond donors (Lipinski definition) is 0. The van der Waals surface area contributed by atoms with Crippen LogP contribution in [0.15, 0.2) is 50.1 Å². The number of rotatable bonds is 5. The predicted octanol–water partition coefficient (Wildman–Crippen LogP) is 8.85. The zero-order valence-electron chi connectivity index (χ0n) is 35.1. The molecular formula is C34H77N17. The van der Waals surface area contributed by atoms with Crippen molar-refractivity contribution < 1.29 is 0 Å². The molecule has 0 spiro atoms. The van der Waals surface area contributed by atoms with Crippen LogP contribution >= 0.6 is 0 Å². The van der Waals surface area contributed by atoms with Gasteiger partial charge in [0.15, 0.2) is 6.33 Å². The highest BCUT2D eigenvalue weighted by Crippen LogP contribution is 1.98. The third-order valence-electron chi connectivity index (χ3n) is 4.55. The van der Waals surface area contributed by atoms with E-state index in [0.717, 1.165) is 0 Å². The smallest absolute Gasteiger partial charge is 0.162 e. The van der Waals surface area contributed by atoms with Gasteiger partial charge in [-0.15, -0.1) is 20.4 Å². The lowest BCUT2D eigenvalue weighted by Crippen LogP contribution is -2.04. The van der Waals surface area contributed by atoms with Crippen LogP contribution in [0.3, 0.4) is 0 Å². The predicted molar refractivity (Wildman–Crippen MR) is 211 cm³/mol. The van der Waals surface area contributed by atoms with Crippen molar-refractivity contribution in [2.24, 2.45) is 0 Å². The quantitative estimate of drug-likeness (QED) is 0.168. The molecule has 0 unspecified atom stereocenters. The summed E-state index contributed by atoms with van der Waals surface area (Å²) in [6.45, 7) is 40.4. The first-order chi connectivity index (χ1) is 24.0. The lowest BCUT2D eigenvalue weighted by atomic mass is 10.4. The molecule has 0 amide bonds. The van der Waals surface area contributed by atoms with Crippen LogP contribution < -0.4 is 0 Å². The van der Waals surface area contributed by atoms with Gasteiger partial charge < -0.3 is 0 Å². The molecule has 5 aromatic heterocycles. The summed E-state index contributed by atoms with van der Waals surface area (Å²) in [5, 5.41) is 40.9. The van der Waals surface area contributed by atoms with Gasteiger partial charge in [-0.1, -0.05) is 81.9 Å². The summed E-state index contributed by atoms with van der Waals surface area (Å²) in [7, 11) is 0. The van der Waals surface area contributed by atoms with E-state index in [1.54, 1.807) is 61.2 Å². The maximum absolute atomic E-state index is 3.92. The van der Waals surface area contributed by atoms with Gasteiger partial charge in [0, 0.05) is 24.3 Å². The minimum atomic E-state index is 0. The molecule has 5 rings (SSSR count). The Morgan fingerprint density at radius 1 is 0.392 bits per heavy atom. The Labute approximate surface area is 311 Å². The van der Waals surface area contributed by atoms with Gasteiger partial charge in [0.1, 0.15) is 19.0 Å². The highest BCUT2D eigenvalue weighted by atomic mass is 15.6. The van der Waals surface area contributed by atoms with Crippen LogP contribution in [0.1, 0.15) is 176 Å². The molecule has 0 aliphatic heterocycles. The maximum Gasteiger partial charge on any atom is 0.162 e. The molecule has 0 atom stereocenters. The number of hydrogen-bond acceptors (Lipinski definition) is 12. The molecule has 298 valence electrons. The number of tetrazole rings is 2. The van der Waals surface area contributed by atoms with Crippen molar-refractivity contribution >= 4 is 0 Å². The Morgan fingerprint density at radius 2 is 0.882 bits per heavy atom. The van der Waals surface area contributed by atoms with E-state index in [-0.39, 0.29) is 7.43 Å². The fraction of sp³-hybridized carbons (Fsp3) is 0.765. The van der Waals surface area contributed by atoms with Crippen LogP contribution in [0.4, 0.5) is 0 Å². The Kier molecular flexibility index (Phi) is 50.2. The van der Waals surface area contributed by atoms with Gasteiger partial charge in [0.05, 0.1) is 30.7 Å². The molecule has 5 heterocycles. The van der Waals surface area contributed by atoms with Crippen molar-refractivity contribution in [3.05, 3.63) is 50.1 Å². The summed E-state index contributed by atoms with van der Waals surface area (Å²) in [5.74, 6) is 0. The Hall–Kier alpha value is -4.44. The first-order valence-electron chi connectivity index (χ1n) is 18.0. The van der Waals surface area contributed by atoms with Crippen molar-refractivity contribution in [1.29, 1.82) is 0 Å². The summed E-state index contributed by atoms with van der Waals surface area (Å²) in [6, 6.07) is 1.92. The van der Waals surface area contributed by atoms with E-state index in [0.29, 0.717) is 30.2 Å². The van der Waals surface area contributed by atoms with Gasteiger partial charge >= 0.3 is 0 Å². The second-order valence-electron chi connectivity index (χ2n) is 9.62. The summed E-state index contributed by atoms with van der Waals surface area (Å²) in [5.41, 5.74) is 0. The van der Waals surface area contributed by atoms with Crippen LogP contribution in [0, 0.1) is 0 Å². The van der Waals surface area contributed by atoms with Crippen molar-refractivity contribution in [2.75, 3.05) is 0 Å². The van der Waals surface area contributed by atoms with Gasteiger partial charge in [-0.2, -0.15) is 24.9 Å². The van der Waals surface area contributed by atoms with Crippen molar-refractivity contribution in [3.63, 3.8) is 0 Å². The van der Waals surface area contributed by atoms with Crippen LogP contribution in [-0.4, -0.2) is 85.2 Å². The van der Waals surface area contributed by atoms with Gasteiger partial charge in [0.2, 0.25) is 0 Å². The molecule has 0 aliphatic carbocycles. The average Bonchev–Trinajstić information content (AvgIpc) is 4.00. The summed E-state index contributed by atoms with van der Waals surface area (Å²) in [6.07, 6.45) is 13.2. The fourth-order valence-corrected chi connectivity index (χ4v) is 2.29. The Morgan fingerprint density at radius 3 is 1.08 bits per heavy atom. The highest BCUT2D eigenvalue weighted by molar-refractivity contribution is 4.66. The first-order valence-corrected chi connectivity index (χ1v) is 18.0. The van der Waals surface area contributed by atoms with E-state index >= 15 is 0 Å². The lowest BCUT2D eigenvalue weighted by Gasteiger charge is -2.00. The van der Waals surface area contributed by atoms with Gasteiger partial charge in [0.25, 0.3) is 0 Å². The number of nitrogens with zero attached hydrogens (tertiary/aromatic N) is 17. The summed E-state index contributed by atoms with van der Waals surface area (Å²) in [4.78, 5) is 7.02. The molecule has 0 N–H and O–H groups in total. The topological polar surface area (TPSA) is 179 Å². The van der Waals surface area contributed by atoms with Crippen molar-refractivity contribution in [3.8, 4) is 0 Å². The van der Waals surface area contributed by atoms with E-state index in [4.69, 9.17) is 0 Å². The molecule has 0 saturated heterocycles. The molecule has 5 aromatic rings. The molecule has 0 saturated carbocycles. The van der Waals surface area contributed by atoms with Gasteiger partial charge in [-0.05, 0) is 84.9 Å². The monoisotopic (exact) mass is 724 g/mol. The Balaban J connectivity index is -0.000000116. The molecule has 0 fully saturated rings. The molecule has 0 radical (unpaired) electrons. The molecule has 17 nitrogen and oxygen atoms in total. The van der Waals surface area contributed by atoms with Crippen LogP contribution in [0.25, 0.3) is 0 Å². The molecular weight excluding hydrogens is 646 g/mol. The molecule has 0 bridgehead atoms. The van der Waals surface area contributed by atoms with E-state index in [9.17, 15) is 0 Å². The third-order valence-corrected chi connectivity index (χ3v) is 4.55. The minimum Gasteiger partial charge on any atom is -0.250 e. The maximum atomic E-state index is 3.92. The van der Waals surface area contributed by atoms with Crippen LogP contribution in [0.5, 0.6) is 0 Å². The van der Waals surface area contributed by atoms with Crippen LogP contribution in [0.2, 0.25) is 0 Å². The summed E-state index contributed by atoms with van der Waals surface area (Å²) >= 11 is 0. The average molecular weight is 724 g/mol. The largest absolute Gasteiger partial charge is 0.250 e. The Bertz CT molecular complexity index is 944. The van der Waals surface area contributed by atoms with Gasteiger partial charge in [-0.25, -0.2) is 9.67 Å². The summed E-state index contributed by atoms with van der Waals surface area (Å²) < 4.78 is 5.31. The van der Waals surface area contributed by atoms with E-state index in [2.05, 4.69) is 89.2 Å². The van der Waals surface area contributed by atoms with Crippen LogP contribution in [-0.2, 0) is 0 Å². The second-order valence-corrected chi connectivity index (χ2v) is 9.62. The van der Waals surface area contributed by atoms with Crippen molar-refractivity contribution in [2.45, 2.75) is 176 Å². The van der Waals surface area contributed by atoms with Crippen molar-refractivity contribution in [1.82, 2.24) is 85.2 Å². The minimum absolute atomic E-state index is 0. The number of aromatic nitrogens is 17. The first kappa shape index (κ1) is 58.7. The molecule has 51 heavy (non-hydrogen) atoms. The standard InChI is InChI=1S/3C5H9N3.2C4H8N4.5C2H6.CH4/c1-5(2)8-4-6-3-7-8;1-5(2)8-4-3-6-7-8;1-5(2)8-6-3-4-7-8;1-4(2)8-3-5-6-7-8;1-4(2)8-6-3-5-7-8;5*1-2;/h3*3-5H,1-2H3;2*3-4H,1-2H3;5*1-2H3;1H4. The third kappa shape index (κ3) is 33.8. The SMILES string of the molecule is C.CC.CC.CC.CC.CC.CC(C)n1ccnn1.CC(C)n1cncn1.CC(C)n1cnnn1.CC(C)n1nccn1.CC(C)n1ncnn1. The van der Waals surface area contributed by atoms with Gasteiger partial charge in [-0.3, -0.25) is 9.36 Å². The molecule has 0 aliphatic rings.